The highest BCUT2D eigenvalue weighted by Crippen LogP contribution is 2.16. The Bertz CT molecular complexity index is 797. The molecular weight excluding hydrogens is 300 g/mol. The average molecular weight is 318 g/mol. The van der Waals surface area contributed by atoms with E-state index in [-0.39, 0.29) is 5.91 Å². The minimum atomic E-state index is -3.30. The van der Waals surface area contributed by atoms with Crippen molar-refractivity contribution in [3.8, 4) is 0 Å². The van der Waals surface area contributed by atoms with E-state index >= 15 is 0 Å². The molecule has 0 atom stereocenters. The largest absolute Gasteiger partial charge is 0.322 e. The molecule has 0 radical (unpaired) electrons. The van der Waals surface area contributed by atoms with Crippen LogP contribution >= 0.6 is 0 Å². The zero-order chi connectivity index (χ0) is 16.3. The van der Waals surface area contributed by atoms with Gasteiger partial charge in [0.1, 0.15) is 0 Å². The first kappa shape index (κ1) is 16.0. The van der Waals surface area contributed by atoms with Crippen molar-refractivity contribution in [1.82, 2.24) is 0 Å². The molecule has 6 heteroatoms. The van der Waals surface area contributed by atoms with Gasteiger partial charge in [-0.15, -0.1) is 0 Å². The topological polar surface area (TPSA) is 75.3 Å². The number of sulfonamides is 1. The van der Waals surface area contributed by atoms with Crippen molar-refractivity contribution >= 4 is 27.3 Å². The van der Waals surface area contributed by atoms with Gasteiger partial charge in [-0.1, -0.05) is 6.07 Å². The maximum absolute atomic E-state index is 12.2. The van der Waals surface area contributed by atoms with Crippen LogP contribution in [0, 0.1) is 13.8 Å². The first-order valence-corrected chi connectivity index (χ1v) is 8.60. The molecule has 0 saturated carbocycles. The molecule has 2 rings (SSSR count). The Hall–Kier alpha value is -2.34. The molecule has 0 unspecified atom stereocenters. The van der Waals surface area contributed by atoms with Gasteiger partial charge in [-0.3, -0.25) is 9.52 Å². The fourth-order valence-electron chi connectivity index (χ4n) is 1.92. The van der Waals surface area contributed by atoms with E-state index in [0.29, 0.717) is 16.9 Å². The summed E-state index contributed by atoms with van der Waals surface area (Å²) < 4.78 is 24.6. The predicted octanol–water partition coefficient (Wildman–Crippen LogP) is 2.93. The number of benzene rings is 2. The van der Waals surface area contributed by atoms with E-state index in [1.807, 2.05) is 26.0 Å². The zero-order valence-electron chi connectivity index (χ0n) is 12.7. The fraction of sp³-hybridized carbons (Fsp3) is 0.188. The Kier molecular flexibility index (Phi) is 4.51. The quantitative estimate of drug-likeness (QED) is 0.910. The molecule has 116 valence electrons. The van der Waals surface area contributed by atoms with E-state index < -0.39 is 10.0 Å². The lowest BCUT2D eigenvalue weighted by atomic mass is 10.1. The summed E-state index contributed by atoms with van der Waals surface area (Å²) in [7, 11) is -3.30. The van der Waals surface area contributed by atoms with Crippen LogP contribution < -0.4 is 10.0 Å². The second kappa shape index (κ2) is 6.19. The highest BCUT2D eigenvalue weighted by Gasteiger charge is 2.08. The number of carbonyl (C=O) groups is 1. The molecule has 2 aromatic rings. The molecule has 22 heavy (non-hydrogen) atoms. The first-order valence-electron chi connectivity index (χ1n) is 6.71. The van der Waals surface area contributed by atoms with Gasteiger partial charge in [-0.2, -0.15) is 0 Å². The number of hydrogen-bond acceptors (Lipinski definition) is 3. The lowest BCUT2D eigenvalue weighted by Crippen LogP contribution is -2.12. The molecule has 2 aromatic carbocycles. The summed E-state index contributed by atoms with van der Waals surface area (Å²) in [6, 6.07) is 12.0. The van der Waals surface area contributed by atoms with Crippen LogP contribution in [0.5, 0.6) is 0 Å². The molecule has 0 fully saturated rings. The number of amides is 1. The van der Waals surface area contributed by atoms with Crippen LogP contribution in [-0.4, -0.2) is 20.6 Å². The molecule has 0 saturated heterocycles. The number of aryl methyl sites for hydroxylation is 2. The van der Waals surface area contributed by atoms with E-state index in [0.717, 1.165) is 17.4 Å². The summed E-state index contributed by atoms with van der Waals surface area (Å²) in [5, 5.41) is 2.78. The monoisotopic (exact) mass is 318 g/mol. The van der Waals surface area contributed by atoms with Gasteiger partial charge < -0.3 is 5.32 Å². The standard InChI is InChI=1S/C16H18N2O3S/c1-11-4-5-13(10-12(11)2)16(19)17-14-6-8-15(9-7-14)18-22(3,20)21/h4-10,18H,1-3H3,(H,17,19). The number of carbonyl (C=O) groups excluding carboxylic acids is 1. The van der Waals surface area contributed by atoms with Crippen LogP contribution in [0.15, 0.2) is 42.5 Å². The SMILES string of the molecule is Cc1ccc(C(=O)Nc2ccc(NS(C)(=O)=O)cc2)cc1C. The third-order valence-corrected chi connectivity index (χ3v) is 3.82. The summed E-state index contributed by atoms with van der Waals surface area (Å²) in [6.07, 6.45) is 1.09. The molecule has 0 aliphatic carbocycles. The molecule has 0 aromatic heterocycles. The summed E-state index contributed by atoms with van der Waals surface area (Å²) in [6.45, 7) is 3.95. The van der Waals surface area contributed by atoms with Crippen LogP contribution in [0.3, 0.4) is 0 Å². The van der Waals surface area contributed by atoms with Gasteiger partial charge in [0.2, 0.25) is 10.0 Å². The zero-order valence-corrected chi connectivity index (χ0v) is 13.5. The van der Waals surface area contributed by atoms with Crippen molar-refractivity contribution in [1.29, 1.82) is 0 Å². The van der Waals surface area contributed by atoms with Crippen LogP contribution in [-0.2, 0) is 10.0 Å². The molecule has 5 nitrogen and oxygen atoms in total. The molecule has 0 aliphatic rings. The third-order valence-electron chi connectivity index (χ3n) is 3.22. The second-order valence-electron chi connectivity index (χ2n) is 5.20. The summed E-state index contributed by atoms with van der Waals surface area (Å²) in [5.41, 5.74) is 3.82. The Morgan fingerprint density at radius 1 is 0.909 bits per heavy atom. The maximum Gasteiger partial charge on any atom is 0.255 e. The Labute approximate surface area is 130 Å². The van der Waals surface area contributed by atoms with E-state index in [9.17, 15) is 13.2 Å². The van der Waals surface area contributed by atoms with Gasteiger partial charge in [-0.25, -0.2) is 8.42 Å². The van der Waals surface area contributed by atoms with Gasteiger partial charge in [0, 0.05) is 16.9 Å². The number of hydrogen-bond donors (Lipinski definition) is 2. The number of rotatable bonds is 4. The van der Waals surface area contributed by atoms with E-state index in [2.05, 4.69) is 10.0 Å². The van der Waals surface area contributed by atoms with Gasteiger partial charge >= 0.3 is 0 Å². The third kappa shape index (κ3) is 4.33. The fourth-order valence-corrected chi connectivity index (χ4v) is 2.49. The highest BCUT2D eigenvalue weighted by molar-refractivity contribution is 7.92. The second-order valence-corrected chi connectivity index (χ2v) is 6.95. The van der Waals surface area contributed by atoms with Gasteiger partial charge in [-0.05, 0) is 61.4 Å². The van der Waals surface area contributed by atoms with Crippen LogP contribution in [0.4, 0.5) is 11.4 Å². The lowest BCUT2D eigenvalue weighted by Gasteiger charge is -2.08. The van der Waals surface area contributed by atoms with Crippen molar-refractivity contribution in [3.63, 3.8) is 0 Å². The van der Waals surface area contributed by atoms with E-state index in [1.165, 1.54) is 0 Å². The highest BCUT2D eigenvalue weighted by atomic mass is 32.2. The molecular formula is C16H18N2O3S. The Balaban J connectivity index is 2.10. The molecule has 0 spiro atoms. The summed E-state index contributed by atoms with van der Waals surface area (Å²) in [5.74, 6) is -0.202. The van der Waals surface area contributed by atoms with Crippen molar-refractivity contribution in [2.45, 2.75) is 13.8 Å². The molecule has 0 heterocycles. The van der Waals surface area contributed by atoms with Crippen LogP contribution in [0.2, 0.25) is 0 Å². The van der Waals surface area contributed by atoms with Crippen molar-refractivity contribution in [2.24, 2.45) is 0 Å². The first-order chi connectivity index (χ1) is 10.2. The van der Waals surface area contributed by atoms with E-state index in [4.69, 9.17) is 0 Å². The molecule has 0 bridgehead atoms. The number of anilines is 2. The van der Waals surface area contributed by atoms with Gasteiger partial charge in [0.15, 0.2) is 0 Å². The number of nitrogens with one attached hydrogen (secondary N) is 2. The smallest absolute Gasteiger partial charge is 0.255 e. The summed E-state index contributed by atoms with van der Waals surface area (Å²) >= 11 is 0. The van der Waals surface area contributed by atoms with Crippen LogP contribution in [0.1, 0.15) is 21.5 Å². The van der Waals surface area contributed by atoms with Gasteiger partial charge in [0.05, 0.1) is 6.26 Å². The maximum atomic E-state index is 12.2. The van der Waals surface area contributed by atoms with Crippen molar-refractivity contribution in [3.05, 3.63) is 59.2 Å². The minimum Gasteiger partial charge on any atom is -0.322 e. The van der Waals surface area contributed by atoms with Gasteiger partial charge in [0.25, 0.3) is 5.91 Å². The lowest BCUT2D eigenvalue weighted by molar-refractivity contribution is 0.102. The average Bonchev–Trinajstić information content (AvgIpc) is 2.42. The predicted molar refractivity (Wildman–Crippen MR) is 88.8 cm³/mol. The van der Waals surface area contributed by atoms with E-state index in [1.54, 1.807) is 30.3 Å². The normalized spacial score (nSPS) is 11.0. The van der Waals surface area contributed by atoms with Crippen LogP contribution in [0.25, 0.3) is 0 Å². The molecule has 0 aliphatic heterocycles. The minimum absolute atomic E-state index is 0.202. The van der Waals surface area contributed by atoms with Crippen molar-refractivity contribution < 1.29 is 13.2 Å². The summed E-state index contributed by atoms with van der Waals surface area (Å²) in [4.78, 5) is 12.2. The van der Waals surface area contributed by atoms with Crippen molar-refractivity contribution in [2.75, 3.05) is 16.3 Å². The Morgan fingerprint density at radius 2 is 1.50 bits per heavy atom. The molecule has 1 amide bonds. The molecule has 2 N–H and O–H groups in total. The Morgan fingerprint density at radius 3 is 2.05 bits per heavy atom.